The van der Waals surface area contributed by atoms with E-state index in [2.05, 4.69) is 30.5 Å². The lowest BCUT2D eigenvalue weighted by Crippen LogP contribution is -2.42. The number of imidazole rings is 1. The summed E-state index contributed by atoms with van der Waals surface area (Å²) < 4.78 is 7.28. The Morgan fingerprint density at radius 3 is 2.86 bits per heavy atom. The molecular weight excluding hydrogens is 298 g/mol. The van der Waals surface area contributed by atoms with Crippen molar-refractivity contribution < 1.29 is 9.53 Å². The van der Waals surface area contributed by atoms with Crippen LogP contribution in [0.3, 0.4) is 0 Å². The van der Waals surface area contributed by atoms with E-state index in [1.807, 2.05) is 11.9 Å². The van der Waals surface area contributed by atoms with Crippen LogP contribution in [0, 0.1) is 13.8 Å². The molecule has 1 saturated heterocycles. The molecule has 1 aliphatic rings. The molecule has 1 aromatic heterocycles. The first kappa shape index (κ1) is 15.4. The maximum Gasteiger partial charge on any atom is 0.248 e. The van der Waals surface area contributed by atoms with Gasteiger partial charge in [0.2, 0.25) is 5.91 Å². The zero-order valence-electron chi connectivity index (χ0n) is 13.3. The summed E-state index contributed by atoms with van der Waals surface area (Å²) >= 11 is 1.70. The summed E-state index contributed by atoms with van der Waals surface area (Å²) in [6.45, 7) is 6.53. The number of nitrogens with zero attached hydrogens (tertiary/aromatic N) is 3. The van der Waals surface area contributed by atoms with Crippen molar-refractivity contribution in [2.45, 2.75) is 19.0 Å². The van der Waals surface area contributed by atoms with E-state index in [4.69, 9.17) is 9.72 Å². The third kappa shape index (κ3) is 2.98. The molecule has 22 heavy (non-hydrogen) atoms. The highest BCUT2D eigenvalue weighted by molar-refractivity contribution is 7.99. The fraction of sp³-hybridized carbons (Fsp3) is 0.500. The monoisotopic (exact) mass is 319 g/mol. The van der Waals surface area contributed by atoms with Crippen LogP contribution in [-0.2, 0) is 16.6 Å². The third-order valence-electron chi connectivity index (χ3n) is 4.13. The molecule has 0 atom stereocenters. The van der Waals surface area contributed by atoms with Gasteiger partial charge in [-0.15, -0.1) is 0 Å². The van der Waals surface area contributed by atoms with E-state index < -0.39 is 0 Å². The van der Waals surface area contributed by atoms with Crippen LogP contribution >= 0.6 is 11.8 Å². The Morgan fingerprint density at radius 2 is 2.09 bits per heavy atom. The average Bonchev–Trinajstić information content (AvgIpc) is 2.78. The maximum absolute atomic E-state index is 11.7. The van der Waals surface area contributed by atoms with Gasteiger partial charge in [0.05, 0.1) is 17.6 Å². The number of aromatic nitrogens is 2. The molecule has 5 nitrogen and oxygen atoms in total. The van der Waals surface area contributed by atoms with Gasteiger partial charge in [-0.1, -0.05) is 11.8 Å². The first-order chi connectivity index (χ1) is 10.6. The number of hydrogen-bond donors (Lipinski definition) is 0. The second kappa shape index (κ2) is 6.30. The van der Waals surface area contributed by atoms with Gasteiger partial charge in [-0.25, -0.2) is 4.98 Å². The molecule has 0 saturated carbocycles. The molecule has 0 radical (unpaired) electrons. The van der Waals surface area contributed by atoms with Crippen molar-refractivity contribution in [2.75, 3.05) is 32.1 Å². The SMILES string of the molecule is Cc1cc2nc(SCCN3CCOCC3=O)n(C)c2cc1C. The van der Waals surface area contributed by atoms with E-state index in [-0.39, 0.29) is 12.5 Å². The van der Waals surface area contributed by atoms with Crippen molar-refractivity contribution in [3.05, 3.63) is 23.3 Å². The molecule has 1 aliphatic heterocycles. The number of carbonyl (C=O) groups excluding carboxylic acids is 1. The lowest BCUT2D eigenvalue weighted by atomic mass is 10.1. The molecule has 118 valence electrons. The summed E-state index contributed by atoms with van der Waals surface area (Å²) in [6, 6.07) is 4.33. The predicted molar refractivity (Wildman–Crippen MR) is 88.3 cm³/mol. The Balaban J connectivity index is 1.69. The van der Waals surface area contributed by atoms with E-state index in [9.17, 15) is 4.79 Å². The van der Waals surface area contributed by atoms with Crippen LogP contribution in [0.1, 0.15) is 11.1 Å². The average molecular weight is 319 g/mol. The quantitative estimate of drug-likeness (QED) is 0.810. The third-order valence-corrected chi connectivity index (χ3v) is 5.14. The molecule has 0 unspecified atom stereocenters. The molecule has 2 heterocycles. The fourth-order valence-electron chi connectivity index (χ4n) is 2.59. The van der Waals surface area contributed by atoms with Crippen LogP contribution in [0.5, 0.6) is 0 Å². The van der Waals surface area contributed by atoms with Crippen molar-refractivity contribution in [3.8, 4) is 0 Å². The molecule has 1 fully saturated rings. The largest absolute Gasteiger partial charge is 0.370 e. The Labute approximate surface area is 134 Å². The van der Waals surface area contributed by atoms with Crippen molar-refractivity contribution in [1.82, 2.24) is 14.5 Å². The van der Waals surface area contributed by atoms with Crippen LogP contribution < -0.4 is 0 Å². The second-order valence-electron chi connectivity index (χ2n) is 5.66. The summed E-state index contributed by atoms with van der Waals surface area (Å²) in [5.74, 6) is 0.934. The molecule has 0 spiro atoms. The Hall–Kier alpha value is -1.53. The fourth-order valence-corrected chi connectivity index (χ4v) is 3.54. The highest BCUT2D eigenvalue weighted by Crippen LogP contribution is 2.25. The van der Waals surface area contributed by atoms with Gasteiger partial charge in [0, 0.05) is 25.9 Å². The van der Waals surface area contributed by atoms with Crippen molar-refractivity contribution in [3.63, 3.8) is 0 Å². The predicted octanol–water partition coefficient (Wildman–Crippen LogP) is 2.14. The van der Waals surface area contributed by atoms with Crippen molar-refractivity contribution >= 4 is 28.7 Å². The summed E-state index contributed by atoms with van der Waals surface area (Å²) in [7, 11) is 2.05. The van der Waals surface area contributed by atoms with E-state index in [1.54, 1.807) is 11.8 Å². The summed E-state index contributed by atoms with van der Waals surface area (Å²) in [6.07, 6.45) is 0. The lowest BCUT2D eigenvalue weighted by Gasteiger charge is -2.26. The lowest BCUT2D eigenvalue weighted by molar-refractivity contribution is -0.142. The minimum atomic E-state index is 0.0862. The van der Waals surface area contributed by atoms with Crippen LogP contribution in [0.15, 0.2) is 17.3 Å². The number of thioether (sulfide) groups is 1. The number of benzene rings is 1. The van der Waals surface area contributed by atoms with Gasteiger partial charge in [0.1, 0.15) is 6.61 Å². The Kier molecular flexibility index (Phi) is 4.40. The summed E-state index contributed by atoms with van der Waals surface area (Å²) in [5, 5.41) is 1.00. The highest BCUT2D eigenvalue weighted by atomic mass is 32.2. The molecular formula is C16H21N3O2S. The van der Waals surface area contributed by atoms with E-state index in [0.717, 1.165) is 28.5 Å². The molecule has 1 aromatic carbocycles. The second-order valence-corrected chi connectivity index (χ2v) is 6.72. The molecule has 6 heteroatoms. The molecule has 0 aliphatic carbocycles. The van der Waals surface area contributed by atoms with Gasteiger partial charge in [0.15, 0.2) is 5.16 Å². The van der Waals surface area contributed by atoms with Crippen LogP contribution in [0.25, 0.3) is 11.0 Å². The molecule has 0 N–H and O–H groups in total. The van der Waals surface area contributed by atoms with Gasteiger partial charge in [-0.3, -0.25) is 4.79 Å². The molecule has 2 aromatic rings. The zero-order valence-corrected chi connectivity index (χ0v) is 14.1. The highest BCUT2D eigenvalue weighted by Gasteiger charge is 2.18. The van der Waals surface area contributed by atoms with Gasteiger partial charge in [0.25, 0.3) is 0 Å². The number of morpholine rings is 1. The van der Waals surface area contributed by atoms with E-state index in [1.165, 1.54) is 11.1 Å². The molecule has 0 bridgehead atoms. The number of aryl methyl sites for hydroxylation is 3. The normalized spacial score (nSPS) is 15.8. The summed E-state index contributed by atoms with van der Waals surface area (Å²) in [4.78, 5) is 18.3. The van der Waals surface area contributed by atoms with Crippen molar-refractivity contribution in [1.29, 1.82) is 0 Å². The minimum Gasteiger partial charge on any atom is -0.370 e. The van der Waals surface area contributed by atoms with E-state index >= 15 is 0 Å². The summed E-state index contributed by atoms with van der Waals surface area (Å²) in [5.41, 5.74) is 4.75. The molecule has 1 amide bonds. The first-order valence-electron chi connectivity index (χ1n) is 7.48. The van der Waals surface area contributed by atoms with E-state index in [0.29, 0.717) is 13.2 Å². The number of carbonyl (C=O) groups is 1. The number of amides is 1. The minimum absolute atomic E-state index is 0.0862. The molecule has 3 rings (SSSR count). The van der Waals surface area contributed by atoms with Crippen LogP contribution in [-0.4, -0.2) is 52.4 Å². The van der Waals surface area contributed by atoms with Gasteiger partial charge >= 0.3 is 0 Å². The standard InChI is InChI=1S/C16H21N3O2S/c1-11-8-13-14(9-12(11)2)18(3)16(17-13)22-7-5-19-4-6-21-10-15(19)20/h8-9H,4-7,10H2,1-3H3. The topological polar surface area (TPSA) is 47.4 Å². The van der Waals surface area contributed by atoms with Gasteiger partial charge in [-0.2, -0.15) is 0 Å². The van der Waals surface area contributed by atoms with Crippen LogP contribution in [0.2, 0.25) is 0 Å². The number of hydrogen-bond acceptors (Lipinski definition) is 4. The Morgan fingerprint density at radius 1 is 1.32 bits per heavy atom. The maximum atomic E-state index is 11.7. The van der Waals surface area contributed by atoms with Gasteiger partial charge < -0.3 is 14.2 Å². The van der Waals surface area contributed by atoms with Crippen molar-refractivity contribution in [2.24, 2.45) is 7.05 Å². The number of fused-ring (bicyclic) bond motifs is 1. The van der Waals surface area contributed by atoms with Gasteiger partial charge in [-0.05, 0) is 37.1 Å². The zero-order chi connectivity index (χ0) is 15.7. The number of ether oxygens (including phenoxy) is 1. The smallest absolute Gasteiger partial charge is 0.248 e. The first-order valence-corrected chi connectivity index (χ1v) is 8.47. The van der Waals surface area contributed by atoms with Crippen LogP contribution in [0.4, 0.5) is 0 Å². The Bertz CT molecular complexity index is 711. The number of rotatable bonds is 4.